The summed E-state index contributed by atoms with van der Waals surface area (Å²) in [6.45, 7) is 2.47. The number of nitrogens with two attached hydrogens (primary N) is 1. The number of aryl methyl sites for hydroxylation is 1. The second-order valence-electron chi connectivity index (χ2n) is 3.99. The van der Waals surface area contributed by atoms with E-state index in [1.807, 2.05) is 6.92 Å². The molecule has 6 heteroatoms. The molecular formula is C12H14N4OS. The number of pyridine rings is 1. The molecule has 0 aromatic carbocycles. The lowest BCUT2D eigenvalue weighted by atomic mass is 10.2. The predicted octanol–water partition coefficient (Wildman–Crippen LogP) is 1.70. The van der Waals surface area contributed by atoms with Crippen LogP contribution in [0.3, 0.4) is 0 Å². The van der Waals surface area contributed by atoms with E-state index in [2.05, 4.69) is 9.97 Å². The van der Waals surface area contributed by atoms with Gasteiger partial charge in [-0.1, -0.05) is 0 Å². The summed E-state index contributed by atoms with van der Waals surface area (Å²) < 4.78 is 0. The molecule has 1 amide bonds. The van der Waals surface area contributed by atoms with Gasteiger partial charge in [0, 0.05) is 18.1 Å². The van der Waals surface area contributed by atoms with Gasteiger partial charge in [-0.05, 0) is 13.0 Å². The van der Waals surface area contributed by atoms with Crippen LogP contribution in [0.15, 0.2) is 24.0 Å². The molecular weight excluding hydrogens is 248 g/mol. The van der Waals surface area contributed by atoms with Crippen LogP contribution < -0.4 is 5.73 Å². The van der Waals surface area contributed by atoms with Gasteiger partial charge in [-0.25, -0.2) is 4.98 Å². The zero-order valence-electron chi connectivity index (χ0n) is 10.3. The summed E-state index contributed by atoms with van der Waals surface area (Å²) in [5.41, 5.74) is 9.36. The van der Waals surface area contributed by atoms with Crippen molar-refractivity contribution in [2.45, 2.75) is 13.5 Å². The molecule has 2 N–H and O–H groups in total. The molecule has 0 saturated carbocycles. The minimum absolute atomic E-state index is 0.109. The van der Waals surface area contributed by atoms with Gasteiger partial charge in [-0.15, -0.1) is 11.3 Å². The topological polar surface area (TPSA) is 72.1 Å². The van der Waals surface area contributed by atoms with Crippen LogP contribution in [0.2, 0.25) is 0 Å². The van der Waals surface area contributed by atoms with Crippen LogP contribution in [0.25, 0.3) is 0 Å². The van der Waals surface area contributed by atoms with Crippen LogP contribution in [-0.2, 0) is 6.54 Å². The van der Waals surface area contributed by atoms with Crippen LogP contribution in [0.4, 0.5) is 5.69 Å². The lowest BCUT2D eigenvalue weighted by Gasteiger charge is -2.17. The summed E-state index contributed by atoms with van der Waals surface area (Å²) in [6.07, 6.45) is 3.05. The monoisotopic (exact) mass is 262 g/mol. The van der Waals surface area contributed by atoms with Crippen molar-refractivity contribution < 1.29 is 4.79 Å². The SMILES string of the molecule is Cc1ncsc1CN(C)C(=O)c1ccncc1N. The van der Waals surface area contributed by atoms with E-state index < -0.39 is 0 Å². The zero-order valence-corrected chi connectivity index (χ0v) is 11.1. The molecule has 0 bridgehead atoms. The second kappa shape index (κ2) is 5.14. The largest absolute Gasteiger partial charge is 0.397 e. The Bertz CT molecular complexity index is 567. The third-order valence-corrected chi connectivity index (χ3v) is 3.57. The lowest BCUT2D eigenvalue weighted by molar-refractivity contribution is 0.0787. The highest BCUT2D eigenvalue weighted by Crippen LogP contribution is 2.17. The van der Waals surface area contributed by atoms with Crippen LogP contribution >= 0.6 is 11.3 Å². The number of thiazole rings is 1. The smallest absolute Gasteiger partial charge is 0.256 e. The molecule has 0 aliphatic rings. The van der Waals surface area contributed by atoms with Crippen LogP contribution in [-0.4, -0.2) is 27.8 Å². The molecule has 0 aliphatic carbocycles. The van der Waals surface area contributed by atoms with Crippen molar-refractivity contribution in [2.24, 2.45) is 0 Å². The summed E-state index contributed by atoms with van der Waals surface area (Å²) in [4.78, 5) is 23.0. The molecule has 2 aromatic rings. The van der Waals surface area contributed by atoms with Crippen molar-refractivity contribution in [1.29, 1.82) is 0 Å². The van der Waals surface area contributed by atoms with E-state index >= 15 is 0 Å². The quantitative estimate of drug-likeness (QED) is 0.913. The predicted molar refractivity (Wildman–Crippen MR) is 71.3 cm³/mol. The van der Waals surface area contributed by atoms with Crippen LogP contribution in [0.5, 0.6) is 0 Å². The average Bonchev–Trinajstić information content (AvgIpc) is 2.75. The number of anilines is 1. The van der Waals surface area contributed by atoms with Crippen LogP contribution in [0.1, 0.15) is 20.9 Å². The fraction of sp³-hybridized carbons (Fsp3) is 0.250. The van der Waals surface area contributed by atoms with E-state index in [9.17, 15) is 4.79 Å². The van der Waals surface area contributed by atoms with Crippen molar-refractivity contribution in [3.63, 3.8) is 0 Å². The lowest BCUT2D eigenvalue weighted by Crippen LogP contribution is -2.26. The number of hydrogen-bond acceptors (Lipinski definition) is 5. The van der Waals surface area contributed by atoms with Crippen molar-refractivity contribution in [3.05, 3.63) is 40.1 Å². The molecule has 2 heterocycles. The van der Waals surface area contributed by atoms with Gasteiger partial charge in [0.25, 0.3) is 5.91 Å². The Morgan fingerprint density at radius 2 is 2.33 bits per heavy atom. The Balaban J connectivity index is 2.15. The Hall–Kier alpha value is -1.95. The minimum Gasteiger partial charge on any atom is -0.397 e. The van der Waals surface area contributed by atoms with Gasteiger partial charge in [-0.3, -0.25) is 9.78 Å². The maximum absolute atomic E-state index is 12.2. The number of carbonyl (C=O) groups is 1. The summed E-state index contributed by atoms with van der Waals surface area (Å²) in [7, 11) is 1.75. The number of nitrogens with zero attached hydrogens (tertiary/aromatic N) is 3. The Labute approximate surface area is 109 Å². The van der Waals surface area contributed by atoms with Gasteiger partial charge in [0.05, 0.1) is 35.2 Å². The first-order valence-corrected chi connectivity index (χ1v) is 6.31. The van der Waals surface area contributed by atoms with Gasteiger partial charge in [-0.2, -0.15) is 0 Å². The molecule has 2 aromatic heterocycles. The molecule has 0 atom stereocenters. The summed E-state index contributed by atoms with van der Waals surface area (Å²) in [5.74, 6) is -0.109. The maximum atomic E-state index is 12.2. The molecule has 0 aliphatic heterocycles. The Morgan fingerprint density at radius 3 is 2.94 bits per heavy atom. The minimum atomic E-state index is -0.109. The van der Waals surface area contributed by atoms with Crippen molar-refractivity contribution in [2.75, 3.05) is 12.8 Å². The van der Waals surface area contributed by atoms with Crippen molar-refractivity contribution >= 4 is 22.9 Å². The highest BCUT2D eigenvalue weighted by atomic mass is 32.1. The average molecular weight is 262 g/mol. The fourth-order valence-electron chi connectivity index (χ4n) is 1.57. The molecule has 0 fully saturated rings. The van der Waals surface area contributed by atoms with E-state index in [1.165, 1.54) is 6.20 Å². The standard InChI is InChI=1S/C12H14N4OS/c1-8-11(18-7-15-8)6-16(2)12(17)9-3-4-14-5-10(9)13/h3-5,7H,6,13H2,1-2H3. The van der Waals surface area contributed by atoms with Gasteiger partial charge >= 0.3 is 0 Å². The summed E-state index contributed by atoms with van der Waals surface area (Å²) in [5, 5.41) is 0. The highest BCUT2D eigenvalue weighted by molar-refractivity contribution is 7.09. The van der Waals surface area contributed by atoms with Gasteiger partial charge in [0.1, 0.15) is 0 Å². The fourth-order valence-corrected chi connectivity index (χ4v) is 2.40. The molecule has 2 rings (SSSR count). The van der Waals surface area contributed by atoms with Crippen molar-refractivity contribution in [3.8, 4) is 0 Å². The first-order chi connectivity index (χ1) is 8.59. The number of aromatic nitrogens is 2. The molecule has 94 valence electrons. The number of hydrogen-bond donors (Lipinski definition) is 1. The van der Waals surface area contributed by atoms with Gasteiger partial charge in [0.2, 0.25) is 0 Å². The molecule has 18 heavy (non-hydrogen) atoms. The third-order valence-electron chi connectivity index (χ3n) is 2.65. The highest BCUT2D eigenvalue weighted by Gasteiger charge is 2.16. The summed E-state index contributed by atoms with van der Waals surface area (Å²) >= 11 is 1.55. The molecule has 0 unspecified atom stereocenters. The summed E-state index contributed by atoms with van der Waals surface area (Å²) in [6, 6.07) is 1.63. The first-order valence-electron chi connectivity index (χ1n) is 5.43. The number of rotatable bonds is 3. The third kappa shape index (κ3) is 2.48. The first kappa shape index (κ1) is 12.5. The van der Waals surface area contributed by atoms with Crippen LogP contribution in [0, 0.1) is 6.92 Å². The molecule has 0 saturated heterocycles. The van der Waals surface area contributed by atoms with E-state index in [0.29, 0.717) is 17.8 Å². The van der Waals surface area contributed by atoms with Gasteiger partial charge in [0.15, 0.2) is 0 Å². The maximum Gasteiger partial charge on any atom is 0.256 e. The van der Waals surface area contributed by atoms with E-state index in [-0.39, 0.29) is 5.91 Å². The van der Waals surface area contributed by atoms with E-state index in [0.717, 1.165) is 10.6 Å². The molecule has 0 spiro atoms. The zero-order chi connectivity index (χ0) is 13.1. The Morgan fingerprint density at radius 1 is 1.56 bits per heavy atom. The number of amides is 1. The number of carbonyl (C=O) groups excluding carboxylic acids is 1. The molecule has 0 radical (unpaired) electrons. The van der Waals surface area contributed by atoms with Crippen molar-refractivity contribution in [1.82, 2.24) is 14.9 Å². The number of nitrogen functional groups attached to an aromatic ring is 1. The normalized spacial score (nSPS) is 10.3. The van der Waals surface area contributed by atoms with E-state index in [4.69, 9.17) is 5.73 Å². The van der Waals surface area contributed by atoms with Gasteiger partial charge < -0.3 is 10.6 Å². The Kier molecular flexibility index (Phi) is 3.57. The second-order valence-corrected chi connectivity index (χ2v) is 4.92. The molecule has 5 nitrogen and oxygen atoms in total. The van der Waals surface area contributed by atoms with E-state index in [1.54, 1.807) is 41.1 Å².